The fourth-order valence-corrected chi connectivity index (χ4v) is 3.40. The highest BCUT2D eigenvalue weighted by atomic mass is 16.5. The molecule has 0 fully saturated rings. The van der Waals surface area contributed by atoms with E-state index in [2.05, 4.69) is 26.1 Å². The first-order chi connectivity index (χ1) is 15.5. The van der Waals surface area contributed by atoms with Crippen molar-refractivity contribution < 1.29 is 19.1 Å². The van der Waals surface area contributed by atoms with Crippen molar-refractivity contribution in [3.05, 3.63) is 59.7 Å². The van der Waals surface area contributed by atoms with Crippen LogP contribution in [0.5, 0.6) is 11.5 Å². The van der Waals surface area contributed by atoms with Crippen LogP contribution in [0.4, 0.5) is 0 Å². The SMILES string of the molecule is COc1ccc(CN(C(=O)COc2ccccc2C(C)(C)C)[C@@H](C)C(=O)NCC(C)C)cc1. The molecule has 6 heteroatoms. The molecule has 0 bridgehead atoms. The van der Waals surface area contributed by atoms with Crippen LogP contribution in [0.3, 0.4) is 0 Å². The summed E-state index contributed by atoms with van der Waals surface area (Å²) in [5.41, 5.74) is 1.82. The number of rotatable bonds is 10. The Morgan fingerprint density at radius 1 is 1.00 bits per heavy atom. The zero-order valence-electron chi connectivity index (χ0n) is 21.0. The Bertz CT molecular complexity index is 916. The third-order valence-corrected chi connectivity index (χ3v) is 5.41. The summed E-state index contributed by atoms with van der Waals surface area (Å²) in [6, 6.07) is 14.6. The van der Waals surface area contributed by atoms with Crippen LogP contribution in [0.25, 0.3) is 0 Å². The van der Waals surface area contributed by atoms with Crippen LogP contribution in [0, 0.1) is 5.92 Å². The van der Waals surface area contributed by atoms with Crippen LogP contribution >= 0.6 is 0 Å². The molecule has 0 saturated heterocycles. The number of amides is 2. The monoisotopic (exact) mass is 454 g/mol. The highest BCUT2D eigenvalue weighted by Gasteiger charge is 2.27. The van der Waals surface area contributed by atoms with Crippen molar-refractivity contribution in [1.29, 1.82) is 0 Å². The lowest BCUT2D eigenvalue weighted by Crippen LogP contribution is -2.49. The van der Waals surface area contributed by atoms with E-state index in [0.29, 0.717) is 24.8 Å². The number of nitrogens with one attached hydrogen (secondary N) is 1. The van der Waals surface area contributed by atoms with Gasteiger partial charge >= 0.3 is 0 Å². The molecule has 0 aliphatic carbocycles. The summed E-state index contributed by atoms with van der Waals surface area (Å²) in [5, 5.41) is 2.93. The molecule has 2 aromatic rings. The third-order valence-electron chi connectivity index (χ3n) is 5.41. The number of ether oxygens (including phenoxy) is 2. The zero-order valence-corrected chi connectivity index (χ0v) is 21.0. The molecule has 0 aromatic heterocycles. The van der Waals surface area contributed by atoms with Gasteiger partial charge in [0.1, 0.15) is 17.5 Å². The van der Waals surface area contributed by atoms with Crippen molar-refractivity contribution in [3.8, 4) is 11.5 Å². The molecule has 0 radical (unpaired) electrons. The fraction of sp³-hybridized carbons (Fsp3) is 0.481. The molecular weight excluding hydrogens is 416 g/mol. The van der Waals surface area contributed by atoms with Gasteiger partial charge in [-0.3, -0.25) is 9.59 Å². The number of benzene rings is 2. The summed E-state index contributed by atoms with van der Waals surface area (Å²) in [6.07, 6.45) is 0. The Morgan fingerprint density at radius 2 is 1.64 bits per heavy atom. The summed E-state index contributed by atoms with van der Waals surface area (Å²) in [5.74, 6) is 1.31. The number of methoxy groups -OCH3 is 1. The topological polar surface area (TPSA) is 67.9 Å². The summed E-state index contributed by atoms with van der Waals surface area (Å²) in [7, 11) is 1.61. The molecule has 0 unspecified atom stereocenters. The van der Waals surface area contributed by atoms with E-state index in [1.54, 1.807) is 18.9 Å². The first-order valence-electron chi connectivity index (χ1n) is 11.4. The molecule has 0 spiro atoms. The molecule has 2 aromatic carbocycles. The maximum Gasteiger partial charge on any atom is 0.261 e. The van der Waals surface area contributed by atoms with E-state index >= 15 is 0 Å². The van der Waals surface area contributed by atoms with Crippen molar-refractivity contribution in [3.63, 3.8) is 0 Å². The van der Waals surface area contributed by atoms with E-state index in [4.69, 9.17) is 9.47 Å². The Balaban J connectivity index is 2.20. The number of carbonyl (C=O) groups excluding carboxylic acids is 2. The highest BCUT2D eigenvalue weighted by Crippen LogP contribution is 2.31. The van der Waals surface area contributed by atoms with E-state index in [9.17, 15) is 9.59 Å². The summed E-state index contributed by atoms with van der Waals surface area (Å²) >= 11 is 0. The van der Waals surface area contributed by atoms with E-state index in [1.165, 1.54) is 0 Å². The van der Waals surface area contributed by atoms with Crippen molar-refractivity contribution in [2.75, 3.05) is 20.3 Å². The van der Waals surface area contributed by atoms with Gasteiger partial charge < -0.3 is 19.7 Å². The number of nitrogens with zero attached hydrogens (tertiary/aromatic N) is 1. The molecule has 6 nitrogen and oxygen atoms in total. The van der Waals surface area contributed by atoms with Crippen LogP contribution in [-0.4, -0.2) is 43.0 Å². The van der Waals surface area contributed by atoms with Crippen molar-refractivity contribution in [1.82, 2.24) is 10.2 Å². The minimum Gasteiger partial charge on any atom is -0.497 e. The van der Waals surface area contributed by atoms with Crippen molar-refractivity contribution >= 4 is 11.8 Å². The van der Waals surface area contributed by atoms with Gasteiger partial charge in [0.2, 0.25) is 5.91 Å². The Morgan fingerprint density at radius 3 is 2.21 bits per heavy atom. The highest BCUT2D eigenvalue weighted by molar-refractivity contribution is 5.88. The molecule has 2 amide bonds. The minimum absolute atomic E-state index is 0.119. The Hall–Kier alpha value is -3.02. The van der Waals surface area contributed by atoms with Crippen molar-refractivity contribution in [2.24, 2.45) is 5.92 Å². The van der Waals surface area contributed by atoms with E-state index in [-0.39, 0.29) is 23.8 Å². The molecule has 2 rings (SSSR count). The van der Waals surface area contributed by atoms with Gasteiger partial charge in [0.05, 0.1) is 7.11 Å². The lowest BCUT2D eigenvalue weighted by atomic mass is 9.86. The Labute approximate surface area is 198 Å². The van der Waals surface area contributed by atoms with Gasteiger partial charge in [-0.15, -0.1) is 0 Å². The van der Waals surface area contributed by atoms with Gasteiger partial charge in [-0.2, -0.15) is 0 Å². The molecule has 0 aliphatic rings. The molecular formula is C27H38N2O4. The largest absolute Gasteiger partial charge is 0.497 e. The molecule has 1 atom stereocenters. The van der Waals surface area contributed by atoms with Crippen LogP contribution in [0.15, 0.2) is 48.5 Å². The second kappa shape index (κ2) is 11.7. The number of para-hydroxylation sites is 1. The van der Waals surface area contributed by atoms with Gasteiger partial charge in [0.15, 0.2) is 6.61 Å². The van der Waals surface area contributed by atoms with Gasteiger partial charge in [-0.05, 0) is 47.6 Å². The molecule has 33 heavy (non-hydrogen) atoms. The van der Waals surface area contributed by atoms with E-state index in [1.807, 2.05) is 62.4 Å². The Kier molecular flexibility index (Phi) is 9.32. The normalized spacial score (nSPS) is 12.2. The molecule has 0 aliphatic heterocycles. The summed E-state index contributed by atoms with van der Waals surface area (Å²) in [4.78, 5) is 27.6. The minimum atomic E-state index is -0.639. The zero-order chi connectivity index (χ0) is 24.6. The predicted octanol–water partition coefficient (Wildman–Crippen LogP) is 4.56. The lowest BCUT2D eigenvalue weighted by Gasteiger charge is -2.29. The van der Waals surface area contributed by atoms with Crippen LogP contribution in [0.2, 0.25) is 0 Å². The summed E-state index contributed by atoms with van der Waals surface area (Å²) < 4.78 is 11.2. The first kappa shape index (κ1) is 26.2. The third kappa shape index (κ3) is 7.81. The average Bonchev–Trinajstić information content (AvgIpc) is 2.78. The maximum absolute atomic E-state index is 13.3. The molecule has 0 heterocycles. The number of hydrogen-bond acceptors (Lipinski definition) is 4. The second-order valence-electron chi connectivity index (χ2n) is 9.72. The first-order valence-corrected chi connectivity index (χ1v) is 11.4. The quantitative estimate of drug-likeness (QED) is 0.571. The number of carbonyl (C=O) groups is 2. The smallest absolute Gasteiger partial charge is 0.261 e. The van der Waals surface area contributed by atoms with Gasteiger partial charge in [0.25, 0.3) is 5.91 Å². The standard InChI is InChI=1S/C27H38N2O4/c1-19(2)16-28-26(31)20(3)29(17-21-12-14-22(32-7)15-13-21)25(30)18-33-24-11-9-8-10-23(24)27(4,5)6/h8-15,19-20H,16-18H2,1-7H3,(H,28,31)/t20-/m0/s1. The molecule has 180 valence electrons. The summed E-state index contributed by atoms with van der Waals surface area (Å²) in [6.45, 7) is 12.8. The van der Waals surface area contributed by atoms with Crippen LogP contribution in [-0.2, 0) is 21.5 Å². The predicted molar refractivity (Wildman–Crippen MR) is 131 cm³/mol. The maximum atomic E-state index is 13.3. The van der Waals surface area contributed by atoms with Crippen LogP contribution in [0.1, 0.15) is 52.7 Å². The molecule has 0 saturated carbocycles. The van der Waals surface area contributed by atoms with Crippen LogP contribution < -0.4 is 14.8 Å². The molecule has 1 N–H and O–H groups in total. The average molecular weight is 455 g/mol. The van der Waals surface area contributed by atoms with E-state index < -0.39 is 6.04 Å². The number of hydrogen-bond donors (Lipinski definition) is 1. The lowest BCUT2D eigenvalue weighted by molar-refractivity contribution is -0.142. The second-order valence-corrected chi connectivity index (χ2v) is 9.72. The van der Waals surface area contributed by atoms with E-state index in [0.717, 1.165) is 16.9 Å². The van der Waals surface area contributed by atoms with Gasteiger partial charge in [-0.25, -0.2) is 0 Å². The van der Waals surface area contributed by atoms with Crippen molar-refractivity contribution in [2.45, 2.75) is 59.5 Å². The van der Waals surface area contributed by atoms with Gasteiger partial charge in [0, 0.05) is 13.1 Å². The fourth-order valence-electron chi connectivity index (χ4n) is 3.40. The van der Waals surface area contributed by atoms with Gasteiger partial charge in [-0.1, -0.05) is 65.0 Å².